The number of rotatable bonds is 1. The van der Waals surface area contributed by atoms with Gasteiger partial charge in [-0.1, -0.05) is 18.1 Å². The topological polar surface area (TPSA) is 0 Å². The van der Waals surface area contributed by atoms with E-state index in [1.165, 1.54) is 25.7 Å². The Morgan fingerprint density at radius 1 is 1.56 bits per heavy atom. The van der Waals surface area contributed by atoms with Gasteiger partial charge in [0, 0.05) is 0 Å². The van der Waals surface area contributed by atoms with Crippen LogP contribution in [0.5, 0.6) is 0 Å². The number of fused-ring (bicyclic) bond motifs is 3. The average Bonchev–Trinajstić information content (AvgIpc) is 2.39. The fourth-order valence-corrected chi connectivity index (χ4v) is 2.97. The normalized spacial score (nSPS) is 51.0. The third-order valence-corrected chi connectivity index (χ3v) is 3.76. The van der Waals surface area contributed by atoms with E-state index in [1.807, 2.05) is 11.1 Å². The van der Waals surface area contributed by atoms with Crippen LogP contribution in [0.25, 0.3) is 0 Å². The summed E-state index contributed by atoms with van der Waals surface area (Å²) in [7, 11) is 0. The van der Waals surface area contributed by atoms with Gasteiger partial charge in [0.15, 0.2) is 0 Å². The molecule has 0 amide bonds. The van der Waals surface area contributed by atoms with Crippen molar-refractivity contribution < 1.29 is 0 Å². The van der Waals surface area contributed by atoms with E-state index in [0.29, 0.717) is 0 Å². The van der Waals surface area contributed by atoms with E-state index in [0.717, 1.165) is 11.3 Å². The third kappa shape index (κ3) is 0.270. The molecule has 0 aromatic heterocycles. The molecular formula is C9H12. The van der Waals surface area contributed by atoms with Crippen LogP contribution >= 0.6 is 0 Å². The molecule has 0 heteroatoms. The maximum absolute atomic E-state index is 2.35. The fraction of sp³-hybridized carbons (Fsp3) is 0.778. The molecule has 1 fully saturated rings. The van der Waals surface area contributed by atoms with E-state index < -0.39 is 0 Å². The summed E-state index contributed by atoms with van der Waals surface area (Å²) >= 11 is 0. The molecule has 0 saturated heterocycles. The highest BCUT2D eigenvalue weighted by Crippen LogP contribution is 2.78. The van der Waals surface area contributed by atoms with Gasteiger partial charge >= 0.3 is 0 Å². The molecule has 3 aliphatic rings. The minimum atomic E-state index is 0.827. The number of hydrogen-bond acceptors (Lipinski definition) is 0. The fourth-order valence-electron chi connectivity index (χ4n) is 2.97. The van der Waals surface area contributed by atoms with Crippen LogP contribution in [-0.4, -0.2) is 0 Å². The zero-order chi connectivity index (χ0) is 6.06. The lowest BCUT2D eigenvalue weighted by Crippen LogP contribution is -2.27. The Hall–Kier alpha value is -0.260. The molecule has 0 aromatic rings. The quantitative estimate of drug-likeness (QED) is 0.466. The molecule has 3 rings (SSSR count). The van der Waals surface area contributed by atoms with Crippen molar-refractivity contribution in [1.29, 1.82) is 0 Å². The van der Waals surface area contributed by atoms with Gasteiger partial charge in [-0.05, 0) is 37.0 Å². The van der Waals surface area contributed by atoms with Gasteiger partial charge in [0.25, 0.3) is 0 Å². The molecule has 0 N–H and O–H groups in total. The second-order valence-electron chi connectivity index (χ2n) is 3.77. The van der Waals surface area contributed by atoms with Gasteiger partial charge in [0.2, 0.25) is 0 Å². The number of hydrogen-bond donors (Lipinski definition) is 0. The summed E-state index contributed by atoms with van der Waals surface area (Å²) in [5.41, 5.74) is 4.58. The summed E-state index contributed by atoms with van der Waals surface area (Å²) in [6.07, 6.45) is 5.88. The van der Waals surface area contributed by atoms with E-state index in [4.69, 9.17) is 0 Å². The average molecular weight is 120 g/mol. The Bertz CT molecular complexity index is 212. The Kier molecular flexibility index (Phi) is 0.505. The summed E-state index contributed by atoms with van der Waals surface area (Å²) in [5.74, 6) is 1.10. The second kappa shape index (κ2) is 1.00. The molecule has 0 spiro atoms. The van der Waals surface area contributed by atoms with Crippen molar-refractivity contribution in [3.8, 4) is 0 Å². The first-order valence-electron chi connectivity index (χ1n) is 4.11. The van der Waals surface area contributed by atoms with Gasteiger partial charge in [0.05, 0.1) is 0 Å². The lowest BCUT2D eigenvalue weighted by atomic mass is 9.64. The van der Waals surface area contributed by atoms with Gasteiger partial charge in [-0.3, -0.25) is 0 Å². The summed E-state index contributed by atoms with van der Waals surface area (Å²) in [5, 5.41) is 0. The minimum Gasteiger partial charge on any atom is -0.0661 e. The van der Waals surface area contributed by atoms with E-state index in [-0.39, 0.29) is 0 Å². The van der Waals surface area contributed by atoms with Gasteiger partial charge in [-0.2, -0.15) is 0 Å². The third-order valence-electron chi connectivity index (χ3n) is 3.76. The molecule has 0 aromatic carbocycles. The number of allylic oxidation sites excluding steroid dienone is 2. The van der Waals surface area contributed by atoms with E-state index in [2.05, 4.69) is 6.92 Å². The molecule has 9 heavy (non-hydrogen) atoms. The molecule has 3 aliphatic carbocycles. The van der Waals surface area contributed by atoms with E-state index >= 15 is 0 Å². The highest BCUT2D eigenvalue weighted by atomic mass is 14.7. The Morgan fingerprint density at radius 3 is 2.78 bits per heavy atom. The molecule has 0 aliphatic heterocycles. The van der Waals surface area contributed by atoms with Crippen LogP contribution in [0.3, 0.4) is 0 Å². The monoisotopic (exact) mass is 120 g/mol. The molecule has 0 bridgehead atoms. The molecule has 2 unspecified atom stereocenters. The van der Waals surface area contributed by atoms with Crippen LogP contribution in [0, 0.1) is 11.3 Å². The van der Waals surface area contributed by atoms with Crippen LogP contribution in [0.15, 0.2) is 11.1 Å². The Labute approximate surface area is 56.0 Å². The Morgan fingerprint density at radius 2 is 2.44 bits per heavy atom. The van der Waals surface area contributed by atoms with Crippen molar-refractivity contribution in [3.05, 3.63) is 11.1 Å². The van der Waals surface area contributed by atoms with Crippen LogP contribution in [-0.2, 0) is 0 Å². The first-order chi connectivity index (χ1) is 4.38. The van der Waals surface area contributed by atoms with Crippen molar-refractivity contribution in [3.63, 3.8) is 0 Å². The van der Waals surface area contributed by atoms with Gasteiger partial charge in [-0.15, -0.1) is 0 Å². The largest absolute Gasteiger partial charge is 0.0661 e. The van der Waals surface area contributed by atoms with Gasteiger partial charge < -0.3 is 0 Å². The van der Waals surface area contributed by atoms with Gasteiger partial charge in [0.1, 0.15) is 0 Å². The molecule has 48 valence electrons. The van der Waals surface area contributed by atoms with Crippen LogP contribution in [0.2, 0.25) is 0 Å². The lowest BCUT2D eigenvalue weighted by Gasteiger charge is -2.40. The van der Waals surface area contributed by atoms with Crippen LogP contribution < -0.4 is 0 Å². The molecule has 1 saturated carbocycles. The maximum Gasteiger partial charge on any atom is -0.00160 e. The van der Waals surface area contributed by atoms with Crippen molar-refractivity contribution in [2.45, 2.75) is 32.6 Å². The molecule has 2 atom stereocenters. The zero-order valence-corrected chi connectivity index (χ0v) is 5.91. The van der Waals surface area contributed by atoms with E-state index in [1.54, 1.807) is 0 Å². The van der Waals surface area contributed by atoms with Gasteiger partial charge in [-0.25, -0.2) is 0 Å². The van der Waals surface area contributed by atoms with Crippen molar-refractivity contribution in [2.24, 2.45) is 11.3 Å². The van der Waals surface area contributed by atoms with Crippen LogP contribution in [0.1, 0.15) is 32.6 Å². The van der Waals surface area contributed by atoms with Crippen molar-refractivity contribution >= 4 is 0 Å². The molecule has 0 heterocycles. The minimum absolute atomic E-state index is 0.827. The summed E-state index contributed by atoms with van der Waals surface area (Å²) in [4.78, 5) is 0. The SMILES string of the molecule is CCC12CC1C1=C2CC1. The standard InChI is InChI=1S/C9H12/c1-2-9-5-8(9)6-3-4-7(6)9/h8H,2-5H2,1H3. The first-order valence-corrected chi connectivity index (χ1v) is 4.11. The molecular weight excluding hydrogens is 108 g/mol. The Balaban J connectivity index is 2.05. The summed E-state index contributed by atoms with van der Waals surface area (Å²) in [6.45, 7) is 2.35. The highest BCUT2D eigenvalue weighted by Gasteiger charge is 2.67. The predicted molar refractivity (Wildman–Crippen MR) is 37.1 cm³/mol. The molecule has 0 radical (unpaired) electrons. The second-order valence-corrected chi connectivity index (χ2v) is 3.77. The highest BCUT2D eigenvalue weighted by molar-refractivity contribution is 5.53. The van der Waals surface area contributed by atoms with E-state index in [9.17, 15) is 0 Å². The predicted octanol–water partition coefficient (Wildman–Crippen LogP) is 2.51. The summed E-state index contributed by atoms with van der Waals surface area (Å²) < 4.78 is 0. The van der Waals surface area contributed by atoms with Crippen LogP contribution in [0.4, 0.5) is 0 Å². The first kappa shape index (κ1) is 4.54. The van der Waals surface area contributed by atoms with Crippen molar-refractivity contribution in [1.82, 2.24) is 0 Å². The smallest absolute Gasteiger partial charge is 0.00160 e. The summed E-state index contributed by atoms with van der Waals surface area (Å²) in [6, 6.07) is 0. The molecule has 0 nitrogen and oxygen atoms in total. The van der Waals surface area contributed by atoms with Crippen molar-refractivity contribution in [2.75, 3.05) is 0 Å². The maximum atomic E-state index is 2.35. The zero-order valence-electron chi connectivity index (χ0n) is 5.91. The lowest BCUT2D eigenvalue weighted by molar-refractivity contribution is 0.399.